The standard InChI is InChI=1S/C20H25ClN2O5S/c1-4-27-17-11-9-16(10-12-17)23(29(3,25)26)15(2)20(24)22-13-14-28-19-8-6-5-7-18(19)21/h5-12,15H,4,13-14H2,1-3H3,(H,22,24)/t15-/m0/s1. The van der Waals surface area contributed by atoms with Crippen molar-refractivity contribution in [3.8, 4) is 11.5 Å². The van der Waals surface area contributed by atoms with E-state index < -0.39 is 22.0 Å². The van der Waals surface area contributed by atoms with Crippen LogP contribution < -0.4 is 19.1 Å². The lowest BCUT2D eigenvalue weighted by atomic mass is 10.2. The van der Waals surface area contributed by atoms with Crippen LogP contribution in [0, 0.1) is 0 Å². The van der Waals surface area contributed by atoms with Gasteiger partial charge >= 0.3 is 0 Å². The van der Waals surface area contributed by atoms with Crippen LogP contribution in [-0.2, 0) is 14.8 Å². The molecule has 0 fully saturated rings. The van der Waals surface area contributed by atoms with E-state index in [2.05, 4.69) is 5.32 Å². The SMILES string of the molecule is CCOc1ccc(N([C@@H](C)C(=O)NCCOc2ccccc2Cl)S(C)(=O)=O)cc1. The Labute approximate surface area is 176 Å². The van der Waals surface area contributed by atoms with Crippen LogP contribution in [0.25, 0.3) is 0 Å². The molecule has 0 spiro atoms. The minimum absolute atomic E-state index is 0.199. The third kappa shape index (κ3) is 6.54. The van der Waals surface area contributed by atoms with Crippen LogP contribution in [0.4, 0.5) is 5.69 Å². The Morgan fingerprint density at radius 1 is 1.14 bits per heavy atom. The van der Waals surface area contributed by atoms with Gasteiger partial charge in [-0.15, -0.1) is 0 Å². The average Bonchev–Trinajstić information content (AvgIpc) is 2.67. The van der Waals surface area contributed by atoms with E-state index in [1.165, 1.54) is 6.92 Å². The number of amides is 1. The zero-order valence-electron chi connectivity index (χ0n) is 16.6. The molecule has 2 rings (SSSR count). The van der Waals surface area contributed by atoms with Gasteiger partial charge in [0.05, 0.1) is 30.1 Å². The largest absolute Gasteiger partial charge is 0.494 e. The number of carbonyl (C=O) groups excluding carboxylic acids is 1. The number of hydrogen-bond acceptors (Lipinski definition) is 5. The Balaban J connectivity index is 2.00. The van der Waals surface area contributed by atoms with Gasteiger partial charge in [0.25, 0.3) is 0 Å². The van der Waals surface area contributed by atoms with Gasteiger partial charge in [0.1, 0.15) is 24.1 Å². The van der Waals surface area contributed by atoms with Gasteiger partial charge in [-0.05, 0) is 50.2 Å². The number of para-hydroxylation sites is 1. The maximum atomic E-state index is 12.5. The van der Waals surface area contributed by atoms with E-state index in [1.54, 1.807) is 48.5 Å². The molecule has 1 amide bonds. The molecule has 0 heterocycles. The molecule has 9 heteroatoms. The summed E-state index contributed by atoms with van der Waals surface area (Å²) in [5.74, 6) is 0.703. The summed E-state index contributed by atoms with van der Waals surface area (Å²) >= 11 is 6.01. The molecule has 0 saturated carbocycles. The van der Waals surface area contributed by atoms with Crippen molar-refractivity contribution in [2.24, 2.45) is 0 Å². The first-order chi connectivity index (χ1) is 13.7. The maximum absolute atomic E-state index is 12.5. The molecule has 7 nitrogen and oxygen atoms in total. The molecule has 29 heavy (non-hydrogen) atoms. The first-order valence-corrected chi connectivity index (χ1v) is 11.3. The summed E-state index contributed by atoms with van der Waals surface area (Å²) in [6, 6.07) is 12.6. The van der Waals surface area contributed by atoms with Crippen molar-refractivity contribution in [2.45, 2.75) is 19.9 Å². The van der Waals surface area contributed by atoms with E-state index in [9.17, 15) is 13.2 Å². The molecule has 0 bridgehead atoms. The Bertz CT molecular complexity index is 919. The lowest BCUT2D eigenvalue weighted by Gasteiger charge is -2.28. The van der Waals surface area contributed by atoms with Gasteiger partial charge < -0.3 is 14.8 Å². The Hall–Kier alpha value is -2.45. The van der Waals surface area contributed by atoms with Gasteiger partial charge in [-0.25, -0.2) is 8.42 Å². The van der Waals surface area contributed by atoms with Crippen LogP contribution in [0.5, 0.6) is 11.5 Å². The lowest BCUT2D eigenvalue weighted by Crippen LogP contribution is -2.48. The maximum Gasteiger partial charge on any atom is 0.243 e. The first-order valence-electron chi connectivity index (χ1n) is 9.11. The molecule has 0 aromatic heterocycles. The van der Waals surface area contributed by atoms with Crippen LogP contribution in [-0.4, -0.2) is 46.4 Å². The van der Waals surface area contributed by atoms with Gasteiger partial charge in [0.2, 0.25) is 15.9 Å². The highest BCUT2D eigenvalue weighted by Gasteiger charge is 2.28. The van der Waals surface area contributed by atoms with E-state index in [0.717, 1.165) is 10.6 Å². The monoisotopic (exact) mass is 440 g/mol. The fourth-order valence-corrected chi connectivity index (χ4v) is 4.07. The lowest BCUT2D eigenvalue weighted by molar-refractivity contribution is -0.121. The average molecular weight is 441 g/mol. The highest BCUT2D eigenvalue weighted by Crippen LogP contribution is 2.24. The van der Waals surface area contributed by atoms with E-state index in [0.29, 0.717) is 28.8 Å². The molecular weight excluding hydrogens is 416 g/mol. The van der Waals surface area contributed by atoms with Gasteiger partial charge in [-0.2, -0.15) is 0 Å². The van der Waals surface area contributed by atoms with E-state index >= 15 is 0 Å². The molecule has 0 saturated heterocycles. The van der Waals surface area contributed by atoms with Crippen molar-refractivity contribution in [1.29, 1.82) is 0 Å². The molecule has 0 radical (unpaired) electrons. The second-order valence-electron chi connectivity index (χ2n) is 6.23. The summed E-state index contributed by atoms with van der Waals surface area (Å²) in [7, 11) is -3.68. The third-order valence-corrected chi connectivity index (χ3v) is 5.54. The molecule has 2 aromatic carbocycles. The van der Waals surface area contributed by atoms with Crippen molar-refractivity contribution in [3.05, 3.63) is 53.6 Å². The predicted molar refractivity (Wildman–Crippen MR) is 114 cm³/mol. The number of ether oxygens (including phenoxy) is 2. The van der Waals surface area contributed by atoms with Gasteiger partial charge in [-0.3, -0.25) is 9.10 Å². The fourth-order valence-electron chi connectivity index (χ4n) is 2.71. The Morgan fingerprint density at radius 2 is 1.79 bits per heavy atom. The van der Waals surface area contributed by atoms with Crippen LogP contribution >= 0.6 is 11.6 Å². The molecule has 2 aromatic rings. The fraction of sp³-hybridized carbons (Fsp3) is 0.350. The number of anilines is 1. The highest BCUT2D eigenvalue weighted by atomic mass is 35.5. The number of carbonyl (C=O) groups is 1. The van der Waals surface area contributed by atoms with Gasteiger partial charge in [0, 0.05) is 0 Å². The topological polar surface area (TPSA) is 84.9 Å². The highest BCUT2D eigenvalue weighted by molar-refractivity contribution is 7.92. The first kappa shape index (κ1) is 22.8. The van der Waals surface area contributed by atoms with Crippen molar-refractivity contribution in [1.82, 2.24) is 5.32 Å². The minimum atomic E-state index is -3.68. The molecule has 0 unspecified atom stereocenters. The summed E-state index contributed by atoms with van der Waals surface area (Å²) in [6.45, 7) is 4.30. The number of hydrogen-bond donors (Lipinski definition) is 1. The van der Waals surface area contributed by atoms with Crippen molar-refractivity contribution in [3.63, 3.8) is 0 Å². The summed E-state index contributed by atoms with van der Waals surface area (Å²) < 4.78 is 36.6. The molecule has 0 aliphatic carbocycles. The number of halogens is 1. The van der Waals surface area contributed by atoms with E-state index in [4.69, 9.17) is 21.1 Å². The number of sulfonamides is 1. The van der Waals surface area contributed by atoms with E-state index in [-0.39, 0.29) is 13.2 Å². The number of benzene rings is 2. The molecule has 1 atom stereocenters. The predicted octanol–water partition coefficient (Wildman–Crippen LogP) is 3.09. The van der Waals surface area contributed by atoms with Gasteiger partial charge in [0.15, 0.2) is 0 Å². The number of nitrogens with one attached hydrogen (secondary N) is 1. The zero-order valence-corrected chi connectivity index (χ0v) is 18.2. The van der Waals surface area contributed by atoms with E-state index in [1.807, 2.05) is 6.92 Å². The number of nitrogens with zero attached hydrogens (tertiary/aromatic N) is 1. The van der Waals surface area contributed by atoms with Gasteiger partial charge in [-0.1, -0.05) is 23.7 Å². The second kappa shape index (κ2) is 10.4. The summed E-state index contributed by atoms with van der Waals surface area (Å²) in [5, 5.41) is 3.17. The molecular formula is C20H25ClN2O5S. The normalized spacial score (nSPS) is 12.1. The zero-order chi connectivity index (χ0) is 21.4. The summed E-state index contributed by atoms with van der Waals surface area (Å²) in [6.07, 6.45) is 1.06. The van der Waals surface area contributed by atoms with Crippen molar-refractivity contribution < 1.29 is 22.7 Å². The van der Waals surface area contributed by atoms with Crippen LogP contribution in [0.2, 0.25) is 5.02 Å². The Morgan fingerprint density at radius 3 is 2.38 bits per heavy atom. The van der Waals surface area contributed by atoms with Crippen molar-refractivity contribution >= 4 is 33.2 Å². The molecule has 1 N–H and O–H groups in total. The summed E-state index contributed by atoms with van der Waals surface area (Å²) in [4.78, 5) is 12.5. The molecule has 158 valence electrons. The van der Waals surface area contributed by atoms with Crippen molar-refractivity contribution in [2.75, 3.05) is 30.3 Å². The molecule has 0 aliphatic heterocycles. The number of rotatable bonds is 10. The molecule has 0 aliphatic rings. The van der Waals surface area contributed by atoms with Crippen LogP contribution in [0.3, 0.4) is 0 Å². The quantitative estimate of drug-likeness (QED) is 0.574. The smallest absolute Gasteiger partial charge is 0.243 e. The Kier molecular flexibility index (Phi) is 8.16. The second-order valence-corrected chi connectivity index (χ2v) is 8.50. The van der Waals surface area contributed by atoms with Crippen LogP contribution in [0.1, 0.15) is 13.8 Å². The summed E-state index contributed by atoms with van der Waals surface area (Å²) in [5.41, 5.74) is 0.380. The third-order valence-electron chi connectivity index (χ3n) is 3.99. The van der Waals surface area contributed by atoms with Crippen LogP contribution in [0.15, 0.2) is 48.5 Å². The minimum Gasteiger partial charge on any atom is -0.494 e.